The highest BCUT2D eigenvalue weighted by Gasteiger charge is 2.26. The van der Waals surface area contributed by atoms with Crippen molar-refractivity contribution >= 4 is 11.6 Å². The highest BCUT2D eigenvalue weighted by atomic mass is 16.3. The lowest BCUT2D eigenvalue weighted by Gasteiger charge is -2.32. The molecule has 1 aromatic rings. The number of amides is 1. The van der Waals surface area contributed by atoms with Crippen LogP contribution >= 0.6 is 0 Å². The molecule has 0 bridgehead atoms. The van der Waals surface area contributed by atoms with E-state index in [2.05, 4.69) is 19.2 Å². The van der Waals surface area contributed by atoms with Gasteiger partial charge in [-0.05, 0) is 48.8 Å². The number of hydrogen-bond donors (Lipinski definition) is 2. The Kier molecular flexibility index (Phi) is 4.84. The van der Waals surface area contributed by atoms with E-state index in [-0.39, 0.29) is 17.9 Å². The predicted octanol–water partition coefficient (Wildman–Crippen LogP) is 3.95. The first-order chi connectivity index (χ1) is 9.92. The fourth-order valence-corrected chi connectivity index (χ4v) is 2.88. The quantitative estimate of drug-likeness (QED) is 0.827. The average Bonchev–Trinajstić information content (AvgIpc) is 2.43. The van der Waals surface area contributed by atoms with Gasteiger partial charge in [0.25, 0.3) is 0 Å². The molecule has 3 nitrogen and oxygen atoms in total. The number of anilines is 1. The molecule has 0 radical (unpaired) electrons. The van der Waals surface area contributed by atoms with Crippen LogP contribution in [0.15, 0.2) is 29.8 Å². The first-order valence-electron chi connectivity index (χ1n) is 7.65. The van der Waals surface area contributed by atoms with Crippen LogP contribution in [0.25, 0.3) is 0 Å². The van der Waals surface area contributed by atoms with Gasteiger partial charge < -0.3 is 10.4 Å². The van der Waals surface area contributed by atoms with Crippen molar-refractivity contribution in [3.63, 3.8) is 0 Å². The van der Waals surface area contributed by atoms with Gasteiger partial charge in [-0.3, -0.25) is 4.79 Å². The Bertz CT molecular complexity index is 558. The molecule has 1 fully saturated rings. The summed E-state index contributed by atoms with van der Waals surface area (Å²) in [5.41, 5.74) is 3.94. The van der Waals surface area contributed by atoms with Crippen molar-refractivity contribution in [2.45, 2.75) is 53.1 Å². The van der Waals surface area contributed by atoms with E-state index in [1.54, 1.807) is 6.08 Å². The molecule has 0 spiro atoms. The summed E-state index contributed by atoms with van der Waals surface area (Å²) in [6, 6.07) is 5.62. The number of aliphatic hydroxyl groups is 1. The maximum Gasteiger partial charge on any atom is 0.248 e. The van der Waals surface area contributed by atoms with Crippen LogP contribution in [0.2, 0.25) is 0 Å². The van der Waals surface area contributed by atoms with E-state index >= 15 is 0 Å². The topological polar surface area (TPSA) is 49.3 Å². The largest absolute Gasteiger partial charge is 0.392 e. The zero-order valence-electron chi connectivity index (χ0n) is 13.2. The fourth-order valence-electron chi connectivity index (χ4n) is 2.88. The zero-order valence-corrected chi connectivity index (χ0v) is 13.2. The van der Waals surface area contributed by atoms with Gasteiger partial charge in [0.05, 0.1) is 6.61 Å². The zero-order chi connectivity index (χ0) is 15.5. The first-order valence-corrected chi connectivity index (χ1v) is 7.65. The fraction of sp³-hybridized carbons (Fsp3) is 0.500. The van der Waals surface area contributed by atoms with Crippen molar-refractivity contribution < 1.29 is 9.90 Å². The first kappa shape index (κ1) is 15.8. The Labute approximate surface area is 127 Å². The number of allylic oxidation sites excluding steroid dienone is 1. The Morgan fingerprint density at radius 3 is 2.81 bits per heavy atom. The van der Waals surface area contributed by atoms with Crippen molar-refractivity contribution in [3.8, 4) is 0 Å². The second-order valence-corrected chi connectivity index (χ2v) is 6.56. The molecule has 0 aliphatic heterocycles. The van der Waals surface area contributed by atoms with E-state index in [9.17, 15) is 9.90 Å². The van der Waals surface area contributed by atoms with Gasteiger partial charge in [0, 0.05) is 11.8 Å². The summed E-state index contributed by atoms with van der Waals surface area (Å²) in [7, 11) is 0. The standard InChI is InChI=1S/C18H25NO2/c1-13-7-8-14(12-20)10-16(13)19-17(21)11-15-6-4-5-9-18(15,2)3/h7-8,10-11,20H,4-6,9,12H2,1-3H3,(H,19,21)/b15-11-. The molecule has 2 rings (SSSR count). The van der Waals surface area contributed by atoms with E-state index < -0.39 is 0 Å². The SMILES string of the molecule is Cc1ccc(CO)cc1NC(=O)/C=C1/CCCCC1(C)C. The monoisotopic (exact) mass is 287 g/mol. The van der Waals surface area contributed by atoms with Crippen LogP contribution in [0.1, 0.15) is 50.7 Å². The third kappa shape index (κ3) is 3.94. The summed E-state index contributed by atoms with van der Waals surface area (Å²) < 4.78 is 0. The molecule has 2 N–H and O–H groups in total. The second-order valence-electron chi connectivity index (χ2n) is 6.56. The van der Waals surface area contributed by atoms with Gasteiger partial charge in [-0.25, -0.2) is 0 Å². The van der Waals surface area contributed by atoms with Crippen molar-refractivity contribution in [1.82, 2.24) is 0 Å². The lowest BCUT2D eigenvalue weighted by molar-refractivity contribution is -0.112. The molecule has 0 atom stereocenters. The number of aryl methyl sites for hydroxylation is 1. The van der Waals surface area contributed by atoms with Gasteiger partial charge in [0.15, 0.2) is 0 Å². The Hall–Kier alpha value is -1.61. The molecule has 1 saturated carbocycles. The second kappa shape index (κ2) is 6.44. The van der Waals surface area contributed by atoms with Crippen LogP contribution in [0.3, 0.4) is 0 Å². The summed E-state index contributed by atoms with van der Waals surface area (Å²) in [6.45, 7) is 6.36. The van der Waals surface area contributed by atoms with Crippen LogP contribution < -0.4 is 5.32 Å². The lowest BCUT2D eigenvalue weighted by Crippen LogP contribution is -2.21. The Morgan fingerprint density at radius 2 is 2.14 bits per heavy atom. The number of carbonyl (C=O) groups is 1. The molecule has 1 aromatic carbocycles. The highest BCUT2D eigenvalue weighted by molar-refractivity contribution is 6.00. The highest BCUT2D eigenvalue weighted by Crippen LogP contribution is 2.39. The van der Waals surface area contributed by atoms with Crippen molar-refractivity contribution in [2.24, 2.45) is 5.41 Å². The van der Waals surface area contributed by atoms with Crippen LogP contribution in [-0.2, 0) is 11.4 Å². The predicted molar refractivity (Wildman–Crippen MR) is 86.1 cm³/mol. The summed E-state index contributed by atoms with van der Waals surface area (Å²) >= 11 is 0. The minimum atomic E-state index is -0.0711. The molecule has 114 valence electrons. The smallest absolute Gasteiger partial charge is 0.248 e. The molecule has 3 heteroatoms. The van der Waals surface area contributed by atoms with Gasteiger partial charge in [0.1, 0.15) is 0 Å². The van der Waals surface area contributed by atoms with E-state index in [4.69, 9.17) is 0 Å². The van der Waals surface area contributed by atoms with Crippen LogP contribution in [0.5, 0.6) is 0 Å². The molecule has 0 saturated heterocycles. The summed E-state index contributed by atoms with van der Waals surface area (Å²) in [4.78, 5) is 12.3. The number of hydrogen-bond acceptors (Lipinski definition) is 2. The van der Waals surface area contributed by atoms with Crippen molar-refractivity contribution in [2.75, 3.05) is 5.32 Å². The van der Waals surface area contributed by atoms with E-state index in [0.717, 1.165) is 29.7 Å². The van der Waals surface area contributed by atoms with Crippen LogP contribution in [-0.4, -0.2) is 11.0 Å². The van der Waals surface area contributed by atoms with Crippen LogP contribution in [0, 0.1) is 12.3 Å². The van der Waals surface area contributed by atoms with Gasteiger partial charge in [-0.1, -0.05) is 38.0 Å². The molecule has 0 aromatic heterocycles. The van der Waals surface area contributed by atoms with E-state index in [1.165, 1.54) is 18.4 Å². The molecule has 21 heavy (non-hydrogen) atoms. The maximum atomic E-state index is 12.3. The third-order valence-electron chi connectivity index (χ3n) is 4.41. The van der Waals surface area contributed by atoms with Crippen molar-refractivity contribution in [3.05, 3.63) is 41.0 Å². The minimum Gasteiger partial charge on any atom is -0.392 e. The molecular weight excluding hydrogens is 262 g/mol. The van der Waals surface area contributed by atoms with Gasteiger partial charge in [-0.2, -0.15) is 0 Å². The number of aliphatic hydroxyl groups excluding tert-OH is 1. The average molecular weight is 287 g/mol. The summed E-state index contributed by atoms with van der Waals surface area (Å²) in [5, 5.41) is 12.1. The molecule has 1 amide bonds. The Balaban J connectivity index is 2.14. The third-order valence-corrected chi connectivity index (χ3v) is 4.41. The number of rotatable bonds is 3. The molecular formula is C18H25NO2. The molecule has 1 aliphatic rings. The van der Waals surface area contributed by atoms with Gasteiger partial charge in [-0.15, -0.1) is 0 Å². The number of nitrogens with one attached hydrogen (secondary N) is 1. The van der Waals surface area contributed by atoms with Crippen LogP contribution in [0.4, 0.5) is 5.69 Å². The minimum absolute atomic E-state index is 0.0166. The summed E-state index contributed by atoms with van der Waals surface area (Å²) in [5.74, 6) is -0.0711. The molecule has 0 unspecified atom stereocenters. The lowest BCUT2D eigenvalue weighted by atomic mass is 9.73. The van der Waals surface area contributed by atoms with E-state index in [0.29, 0.717) is 0 Å². The summed E-state index contributed by atoms with van der Waals surface area (Å²) in [6.07, 6.45) is 6.33. The van der Waals surface area contributed by atoms with Gasteiger partial charge >= 0.3 is 0 Å². The van der Waals surface area contributed by atoms with Gasteiger partial charge in [0.2, 0.25) is 5.91 Å². The molecule has 1 aliphatic carbocycles. The van der Waals surface area contributed by atoms with Crippen molar-refractivity contribution in [1.29, 1.82) is 0 Å². The number of carbonyl (C=O) groups excluding carboxylic acids is 1. The normalized spacial score (nSPS) is 19.5. The number of benzene rings is 1. The Morgan fingerprint density at radius 1 is 1.38 bits per heavy atom. The maximum absolute atomic E-state index is 12.3. The molecule has 0 heterocycles. The van der Waals surface area contributed by atoms with E-state index in [1.807, 2.05) is 25.1 Å².